The van der Waals surface area contributed by atoms with Crippen LogP contribution in [-0.4, -0.2) is 15.6 Å². The number of aromatic nitrogens is 2. The Labute approximate surface area is 86.5 Å². The maximum Gasteiger partial charge on any atom is 0.203 e. The lowest BCUT2D eigenvalue weighted by Gasteiger charge is -2.14. The van der Waals surface area contributed by atoms with E-state index in [0.717, 1.165) is 18.2 Å². The first kappa shape index (κ1) is 11.1. The molecule has 1 unspecified atom stereocenters. The zero-order valence-corrected chi connectivity index (χ0v) is 9.67. The summed E-state index contributed by atoms with van der Waals surface area (Å²) in [5, 5.41) is 3.44. The normalized spacial score (nSPS) is 12.9. The Kier molecular flexibility index (Phi) is 3.98. The van der Waals surface area contributed by atoms with Crippen molar-refractivity contribution in [2.75, 3.05) is 5.32 Å². The highest BCUT2D eigenvalue weighted by Crippen LogP contribution is 2.11. The van der Waals surface area contributed by atoms with Crippen molar-refractivity contribution < 1.29 is 0 Å². The van der Waals surface area contributed by atoms with Crippen LogP contribution in [0.15, 0.2) is 6.20 Å². The maximum absolute atomic E-state index is 4.46. The molecule has 3 heteroatoms. The van der Waals surface area contributed by atoms with Crippen LogP contribution in [0.1, 0.15) is 39.3 Å². The average Bonchev–Trinajstić information content (AvgIpc) is 2.46. The highest BCUT2D eigenvalue weighted by molar-refractivity contribution is 5.29. The minimum atomic E-state index is 0.507. The second-order valence-electron chi connectivity index (χ2n) is 3.83. The molecule has 0 aliphatic heterocycles. The summed E-state index contributed by atoms with van der Waals surface area (Å²) in [5.74, 6) is 1.01. The Bertz CT molecular complexity index is 278. The predicted molar refractivity (Wildman–Crippen MR) is 60.6 cm³/mol. The van der Waals surface area contributed by atoms with Crippen LogP contribution >= 0.6 is 0 Å². The summed E-state index contributed by atoms with van der Waals surface area (Å²) >= 11 is 0. The number of nitrogens with zero attached hydrogens (tertiary/aromatic N) is 2. The molecule has 0 saturated heterocycles. The highest BCUT2D eigenvalue weighted by Gasteiger charge is 2.06. The molecule has 0 radical (unpaired) electrons. The minimum absolute atomic E-state index is 0.507. The summed E-state index contributed by atoms with van der Waals surface area (Å²) in [5.41, 5.74) is 1.08. The maximum atomic E-state index is 4.46. The third-order valence-corrected chi connectivity index (χ3v) is 2.33. The van der Waals surface area contributed by atoms with E-state index in [-0.39, 0.29) is 0 Å². The quantitative estimate of drug-likeness (QED) is 0.783. The van der Waals surface area contributed by atoms with Gasteiger partial charge in [-0.25, -0.2) is 4.98 Å². The first-order chi connectivity index (χ1) is 6.67. The fourth-order valence-electron chi connectivity index (χ4n) is 1.63. The van der Waals surface area contributed by atoms with Crippen LogP contribution in [0.3, 0.4) is 0 Å². The van der Waals surface area contributed by atoms with E-state index >= 15 is 0 Å². The van der Waals surface area contributed by atoms with Crippen LogP contribution in [0.4, 0.5) is 5.95 Å². The number of hydrogen-bond acceptors (Lipinski definition) is 2. The van der Waals surface area contributed by atoms with E-state index in [9.17, 15) is 0 Å². The standard InChI is InChI=1S/C11H21N3/c1-5-7-9(3)12-11-13-10(4)8-14(11)6-2/h8-9H,5-7H2,1-4H3,(H,12,13). The molecule has 1 aromatic rings. The first-order valence-electron chi connectivity index (χ1n) is 5.47. The average molecular weight is 195 g/mol. The van der Waals surface area contributed by atoms with E-state index in [2.05, 4.69) is 41.8 Å². The van der Waals surface area contributed by atoms with Gasteiger partial charge in [0.25, 0.3) is 0 Å². The van der Waals surface area contributed by atoms with Crippen molar-refractivity contribution in [1.29, 1.82) is 0 Å². The molecule has 0 amide bonds. The van der Waals surface area contributed by atoms with Gasteiger partial charge >= 0.3 is 0 Å². The zero-order valence-electron chi connectivity index (χ0n) is 9.67. The van der Waals surface area contributed by atoms with Crippen LogP contribution in [0.2, 0.25) is 0 Å². The van der Waals surface area contributed by atoms with Crippen molar-refractivity contribution >= 4 is 5.95 Å². The molecule has 0 aliphatic rings. The van der Waals surface area contributed by atoms with Gasteiger partial charge in [-0.2, -0.15) is 0 Å². The third kappa shape index (κ3) is 2.76. The summed E-state index contributed by atoms with van der Waals surface area (Å²) in [6.07, 6.45) is 4.48. The fourth-order valence-corrected chi connectivity index (χ4v) is 1.63. The summed E-state index contributed by atoms with van der Waals surface area (Å²) in [7, 11) is 0. The molecule has 14 heavy (non-hydrogen) atoms. The Morgan fingerprint density at radius 2 is 2.21 bits per heavy atom. The van der Waals surface area contributed by atoms with E-state index in [1.54, 1.807) is 0 Å². The molecule has 3 nitrogen and oxygen atoms in total. The van der Waals surface area contributed by atoms with E-state index in [4.69, 9.17) is 0 Å². The smallest absolute Gasteiger partial charge is 0.203 e. The number of anilines is 1. The SMILES string of the molecule is CCCC(C)Nc1nc(C)cn1CC. The lowest BCUT2D eigenvalue weighted by atomic mass is 10.2. The molecular weight excluding hydrogens is 174 g/mol. The van der Waals surface area contributed by atoms with Gasteiger partial charge in [0.1, 0.15) is 0 Å². The van der Waals surface area contributed by atoms with Gasteiger partial charge in [-0.1, -0.05) is 13.3 Å². The van der Waals surface area contributed by atoms with Crippen molar-refractivity contribution in [2.45, 2.75) is 53.1 Å². The van der Waals surface area contributed by atoms with Crippen LogP contribution < -0.4 is 5.32 Å². The minimum Gasteiger partial charge on any atom is -0.353 e. The number of rotatable bonds is 5. The molecule has 1 atom stereocenters. The van der Waals surface area contributed by atoms with Gasteiger partial charge in [0.2, 0.25) is 5.95 Å². The van der Waals surface area contributed by atoms with E-state index in [0.29, 0.717) is 6.04 Å². The molecular formula is C11H21N3. The van der Waals surface area contributed by atoms with Crippen LogP contribution in [0, 0.1) is 6.92 Å². The Hall–Kier alpha value is -0.990. The fraction of sp³-hybridized carbons (Fsp3) is 0.727. The lowest BCUT2D eigenvalue weighted by molar-refractivity contribution is 0.667. The summed E-state index contributed by atoms with van der Waals surface area (Å²) < 4.78 is 2.15. The number of aryl methyl sites for hydroxylation is 2. The summed E-state index contributed by atoms with van der Waals surface area (Å²) in [4.78, 5) is 4.46. The summed E-state index contributed by atoms with van der Waals surface area (Å²) in [6, 6.07) is 0.507. The Morgan fingerprint density at radius 3 is 2.79 bits per heavy atom. The van der Waals surface area contributed by atoms with E-state index in [1.165, 1.54) is 12.8 Å². The predicted octanol–water partition coefficient (Wildman–Crippen LogP) is 2.81. The number of hydrogen-bond donors (Lipinski definition) is 1. The van der Waals surface area contributed by atoms with Gasteiger partial charge in [0, 0.05) is 18.8 Å². The van der Waals surface area contributed by atoms with Crippen LogP contribution in [-0.2, 0) is 6.54 Å². The van der Waals surface area contributed by atoms with Crippen molar-refractivity contribution in [3.8, 4) is 0 Å². The second kappa shape index (κ2) is 5.03. The van der Waals surface area contributed by atoms with Crippen molar-refractivity contribution in [2.24, 2.45) is 0 Å². The molecule has 0 bridgehead atoms. The van der Waals surface area contributed by atoms with Gasteiger partial charge in [0.15, 0.2) is 0 Å². The van der Waals surface area contributed by atoms with Crippen LogP contribution in [0.25, 0.3) is 0 Å². The molecule has 0 fully saturated rings. The third-order valence-electron chi connectivity index (χ3n) is 2.33. The molecule has 0 aliphatic carbocycles. The number of nitrogens with one attached hydrogen (secondary N) is 1. The molecule has 1 N–H and O–H groups in total. The lowest BCUT2D eigenvalue weighted by Crippen LogP contribution is -2.17. The van der Waals surface area contributed by atoms with Gasteiger partial charge in [0.05, 0.1) is 5.69 Å². The molecule has 80 valence electrons. The van der Waals surface area contributed by atoms with Crippen molar-refractivity contribution in [1.82, 2.24) is 9.55 Å². The molecule has 0 saturated carbocycles. The largest absolute Gasteiger partial charge is 0.353 e. The van der Waals surface area contributed by atoms with E-state index < -0.39 is 0 Å². The Morgan fingerprint density at radius 1 is 1.50 bits per heavy atom. The van der Waals surface area contributed by atoms with Gasteiger partial charge in [-0.3, -0.25) is 0 Å². The topological polar surface area (TPSA) is 29.9 Å². The van der Waals surface area contributed by atoms with Crippen molar-refractivity contribution in [3.63, 3.8) is 0 Å². The molecule has 0 spiro atoms. The van der Waals surface area contributed by atoms with Gasteiger partial charge in [-0.15, -0.1) is 0 Å². The van der Waals surface area contributed by atoms with Gasteiger partial charge in [-0.05, 0) is 27.2 Å². The second-order valence-corrected chi connectivity index (χ2v) is 3.83. The first-order valence-corrected chi connectivity index (χ1v) is 5.47. The van der Waals surface area contributed by atoms with Crippen molar-refractivity contribution in [3.05, 3.63) is 11.9 Å². The molecule has 0 aromatic carbocycles. The zero-order chi connectivity index (χ0) is 10.6. The highest BCUT2D eigenvalue weighted by atomic mass is 15.2. The molecule has 1 rings (SSSR count). The molecule has 1 aromatic heterocycles. The van der Waals surface area contributed by atoms with Gasteiger partial charge < -0.3 is 9.88 Å². The number of imidazole rings is 1. The monoisotopic (exact) mass is 195 g/mol. The summed E-state index contributed by atoms with van der Waals surface area (Å²) in [6.45, 7) is 9.55. The van der Waals surface area contributed by atoms with E-state index in [1.807, 2.05) is 6.92 Å². The Balaban J connectivity index is 2.65. The van der Waals surface area contributed by atoms with Crippen LogP contribution in [0.5, 0.6) is 0 Å². The molecule has 1 heterocycles.